The second-order valence-electron chi connectivity index (χ2n) is 5.87. The van der Waals surface area contributed by atoms with Gasteiger partial charge in [-0.1, -0.05) is 11.6 Å². The van der Waals surface area contributed by atoms with E-state index >= 15 is 0 Å². The van der Waals surface area contributed by atoms with Crippen LogP contribution in [0, 0.1) is 0 Å². The number of benzene rings is 1. The molecule has 1 aromatic rings. The Kier molecular flexibility index (Phi) is 4.48. The maximum atomic E-state index is 12.2. The molecule has 1 amide bonds. The minimum absolute atomic E-state index is 0.0220. The first-order valence-corrected chi connectivity index (χ1v) is 7.94. The van der Waals surface area contributed by atoms with Gasteiger partial charge in [0.15, 0.2) is 0 Å². The normalized spacial score (nSPS) is 21.6. The van der Waals surface area contributed by atoms with E-state index in [9.17, 15) is 4.79 Å². The predicted octanol–water partition coefficient (Wildman–Crippen LogP) is 2.32. The van der Waals surface area contributed by atoms with E-state index in [1.165, 1.54) is 6.42 Å². The van der Waals surface area contributed by atoms with Gasteiger partial charge in [-0.15, -0.1) is 0 Å². The maximum absolute atomic E-state index is 12.2. The summed E-state index contributed by atoms with van der Waals surface area (Å²) in [4.78, 5) is 14.7. The van der Waals surface area contributed by atoms with E-state index in [4.69, 9.17) is 16.3 Å². The van der Waals surface area contributed by atoms with Crippen LogP contribution in [0.1, 0.15) is 29.6 Å². The van der Waals surface area contributed by atoms with E-state index in [1.54, 1.807) is 24.3 Å². The number of carbonyl (C=O) groups excluding carboxylic acids is 1. The molecule has 2 aliphatic rings. The molecule has 1 aliphatic carbocycles. The van der Waals surface area contributed by atoms with Crippen molar-refractivity contribution in [2.75, 3.05) is 32.8 Å². The second kappa shape index (κ2) is 6.34. The first-order chi connectivity index (χ1) is 10.2. The summed E-state index contributed by atoms with van der Waals surface area (Å²) in [5, 5.41) is 3.74. The van der Waals surface area contributed by atoms with Crippen LogP contribution in [0.2, 0.25) is 5.02 Å². The second-order valence-corrected chi connectivity index (χ2v) is 6.30. The topological polar surface area (TPSA) is 41.6 Å². The molecule has 0 radical (unpaired) electrons. The third-order valence-corrected chi connectivity index (χ3v) is 4.90. The third-order valence-electron chi connectivity index (χ3n) is 4.65. The van der Waals surface area contributed by atoms with Crippen molar-refractivity contribution in [1.82, 2.24) is 10.2 Å². The summed E-state index contributed by atoms with van der Waals surface area (Å²) in [6.45, 7) is 4.25. The Morgan fingerprint density at radius 1 is 1.24 bits per heavy atom. The van der Waals surface area contributed by atoms with E-state index in [0.29, 0.717) is 17.1 Å². The number of hydrogen-bond acceptors (Lipinski definition) is 3. The van der Waals surface area contributed by atoms with Gasteiger partial charge in [0, 0.05) is 35.8 Å². The van der Waals surface area contributed by atoms with Crippen LogP contribution in [0.4, 0.5) is 0 Å². The van der Waals surface area contributed by atoms with Crippen molar-refractivity contribution in [1.29, 1.82) is 0 Å². The minimum atomic E-state index is -0.0220. The van der Waals surface area contributed by atoms with Crippen LogP contribution in [-0.2, 0) is 4.74 Å². The molecule has 1 saturated carbocycles. The Hall–Kier alpha value is -1.10. The van der Waals surface area contributed by atoms with E-state index in [-0.39, 0.29) is 11.4 Å². The molecular formula is C16H21ClN2O2. The average Bonchev–Trinajstić information content (AvgIpc) is 2.48. The molecule has 0 spiro atoms. The SMILES string of the molecule is O=C(NCC1(N2CCOCC2)CCC1)c1ccc(Cl)cc1. The molecule has 0 aromatic heterocycles. The van der Waals surface area contributed by atoms with Crippen molar-refractivity contribution in [3.05, 3.63) is 34.9 Å². The fraction of sp³-hybridized carbons (Fsp3) is 0.562. The predicted molar refractivity (Wildman–Crippen MR) is 82.8 cm³/mol. The lowest BCUT2D eigenvalue weighted by Crippen LogP contribution is -2.62. The molecule has 1 saturated heterocycles. The number of amides is 1. The highest BCUT2D eigenvalue weighted by Crippen LogP contribution is 2.37. The summed E-state index contributed by atoms with van der Waals surface area (Å²) in [5.41, 5.74) is 0.808. The van der Waals surface area contributed by atoms with Gasteiger partial charge in [0.05, 0.1) is 13.2 Å². The molecule has 0 bridgehead atoms. The van der Waals surface area contributed by atoms with Crippen molar-refractivity contribution in [3.63, 3.8) is 0 Å². The van der Waals surface area contributed by atoms with Gasteiger partial charge in [-0.3, -0.25) is 9.69 Å². The lowest BCUT2D eigenvalue weighted by atomic mass is 9.75. The zero-order valence-corrected chi connectivity index (χ0v) is 12.9. The Bertz CT molecular complexity index is 494. The highest BCUT2D eigenvalue weighted by molar-refractivity contribution is 6.30. The quantitative estimate of drug-likeness (QED) is 0.928. The lowest BCUT2D eigenvalue weighted by molar-refractivity contribution is -0.0540. The molecule has 21 heavy (non-hydrogen) atoms. The van der Waals surface area contributed by atoms with E-state index < -0.39 is 0 Å². The van der Waals surface area contributed by atoms with Crippen LogP contribution in [0.15, 0.2) is 24.3 Å². The van der Waals surface area contributed by atoms with Crippen LogP contribution >= 0.6 is 11.6 Å². The molecule has 114 valence electrons. The van der Waals surface area contributed by atoms with Crippen LogP contribution in [-0.4, -0.2) is 49.2 Å². The van der Waals surface area contributed by atoms with Gasteiger partial charge in [0.1, 0.15) is 0 Å². The number of nitrogens with one attached hydrogen (secondary N) is 1. The first kappa shape index (κ1) is 14.8. The zero-order chi connectivity index (χ0) is 14.7. The Morgan fingerprint density at radius 2 is 1.90 bits per heavy atom. The molecule has 5 heteroatoms. The monoisotopic (exact) mass is 308 g/mol. The standard InChI is InChI=1S/C16H21ClN2O2/c17-14-4-2-13(3-5-14)15(20)18-12-16(6-1-7-16)19-8-10-21-11-9-19/h2-5H,1,6-12H2,(H,18,20). The van der Waals surface area contributed by atoms with Crippen molar-refractivity contribution < 1.29 is 9.53 Å². The van der Waals surface area contributed by atoms with E-state index in [0.717, 1.165) is 39.1 Å². The van der Waals surface area contributed by atoms with Gasteiger partial charge in [0.25, 0.3) is 5.91 Å². The third kappa shape index (κ3) is 3.23. The summed E-state index contributed by atoms with van der Waals surface area (Å²) in [5.74, 6) is -0.0220. The summed E-state index contributed by atoms with van der Waals surface area (Å²) >= 11 is 5.85. The van der Waals surface area contributed by atoms with Crippen molar-refractivity contribution in [2.24, 2.45) is 0 Å². The Labute approximate surface area is 130 Å². The number of rotatable bonds is 4. The zero-order valence-electron chi connectivity index (χ0n) is 12.1. The molecule has 4 nitrogen and oxygen atoms in total. The maximum Gasteiger partial charge on any atom is 0.251 e. The van der Waals surface area contributed by atoms with Gasteiger partial charge in [-0.2, -0.15) is 0 Å². The van der Waals surface area contributed by atoms with Gasteiger partial charge >= 0.3 is 0 Å². The number of morpholine rings is 1. The fourth-order valence-electron chi connectivity index (χ4n) is 3.18. The molecule has 2 fully saturated rings. The van der Waals surface area contributed by atoms with Crippen LogP contribution in [0.3, 0.4) is 0 Å². The molecule has 1 aliphatic heterocycles. The molecule has 0 unspecified atom stereocenters. The highest BCUT2D eigenvalue weighted by atomic mass is 35.5. The van der Waals surface area contributed by atoms with Crippen molar-refractivity contribution >= 4 is 17.5 Å². The van der Waals surface area contributed by atoms with E-state index in [2.05, 4.69) is 10.2 Å². The highest BCUT2D eigenvalue weighted by Gasteiger charge is 2.42. The average molecular weight is 309 g/mol. The smallest absolute Gasteiger partial charge is 0.251 e. The minimum Gasteiger partial charge on any atom is -0.379 e. The van der Waals surface area contributed by atoms with Gasteiger partial charge in [-0.25, -0.2) is 0 Å². The first-order valence-electron chi connectivity index (χ1n) is 7.56. The Balaban J connectivity index is 1.59. The Morgan fingerprint density at radius 3 is 2.48 bits per heavy atom. The summed E-state index contributed by atoms with van der Waals surface area (Å²) in [6, 6.07) is 7.02. The van der Waals surface area contributed by atoms with Crippen LogP contribution < -0.4 is 5.32 Å². The van der Waals surface area contributed by atoms with Gasteiger partial charge in [0.2, 0.25) is 0 Å². The number of ether oxygens (including phenoxy) is 1. The van der Waals surface area contributed by atoms with Crippen LogP contribution in [0.25, 0.3) is 0 Å². The van der Waals surface area contributed by atoms with E-state index in [1.807, 2.05) is 0 Å². The molecule has 1 N–H and O–H groups in total. The number of carbonyl (C=O) groups is 1. The number of hydrogen-bond donors (Lipinski definition) is 1. The van der Waals surface area contributed by atoms with Gasteiger partial charge in [-0.05, 0) is 43.5 Å². The lowest BCUT2D eigenvalue weighted by Gasteiger charge is -2.51. The van der Waals surface area contributed by atoms with Crippen molar-refractivity contribution in [2.45, 2.75) is 24.8 Å². The van der Waals surface area contributed by atoms with Gasteiger partial charge < -0.3 is 10.1 Å². The summed E-state index contributed by atoms with van der Waals surface area (Å²) < 4.78 is 5.43. The molecule has 1 heterocycles. The largest absolute Gasteiger partial charge is 0.379 e. The number of nitrogens with zero attached hydrogens (tertiary/aromatic N) is 1. The van der Waals surface area contributed by atoms with Crippen molar-refractivity contribution in [3.8, 4) is 0 Å². The summed E-state index contributed by atoms with van der Waals surface area (Å²) in [6.07, 6.45) is 3.57. The molecule has 1 aromatic carbocycles. The molecule has 3 rings (SSSR count). The molecular weight excluding hydrogens is 288 g/mol. The summed E-state index contributed by atoms with van der Waals surface area (Å²) in [7, 11) is 0. The number of halogens is 1. The molecule has 0 atom stereocenters. The fourth-order valence-corrected chi connectivity index (χ4v) is 3.30. The van der Waals surface area contributed by atoms with Crippen LogP contribution in [0.5, 0.6) is 0 Å².